The number of nitrogens with zero attached hydrogens (tertiary/aromatic N) is 1. The van der Waals surface area contributed by atoms with E-state index in [-0.39, 0.29) is 23.2 Å². The Bertz CT molecular complexity index is 844. The lowest BCUT2D eigenvalue weighted by atomic mass is 9.98. The van der Waals surface area contributed by atoms with Gasteiger partial charge in [-0.3, -0.25) is 9.79 Å². The van der Waals surface area contributed by atoms with Gasteiger partial charge in [0.2, 0.25) is 5.91 Å². The molecule has 0 spiro atoms. The number of carbonyl (C=O) groups excluding carboxylic acids is 1. The van der Waals surface area contributed by atoms with Crippen LogP contribution in [-0.2, 0) is 4.79 Å². The fourth-order valence-electron chi connectivity index (χ4n) is 2.71. The lowest BCUT2D eigenvalue weighted by molar-refractivity contribution is -0.155. The largest absolute Gasteiger partial charge is 0.408 e. The van der Waals surface area contributed by atoms with Crippen molar-refractivity contribution in [2.75, 3.05) is 11.1 Å². The van der Waals surface area contributed by atoms with Crippen LogP contribution in [0.3, 0.4) is 0 Å². The predicted molar refractivity (Wildman–Crippen MR) is 107 cm³/mol. The summed E-state index contributed by atoms with van der Waals surface area (Å²) >= 11 is 6.74. The van der Waals surface area contributed by atoms with Crippen LogP contribution < -0.4 is 10.6 Å². The number of alkyl halides is 3. The molecule has 2 aromatic carbocycles. The molecule has 4 nitrogen and oxygen atoms in total. The minimum atomic E-state index is -4.40. The number of amidine groups is 1. The molecular formula is C19H17ClF3N3OS. The molecule has 1 amide bonds. The fraction of sp³-hybridized carbons (Fsp3) is 0.263. The van der Waals surface area contributed by atoms with E-state index in [1.165, 1.54) is 0 Å². The SMILES string of the molecule is O=C(CSC1=N[C@H](c2ccccc2)C[C@@H](C(F)(F)F)N1)Nc1ccc(Cl)cc1. The van der Waals surface area contributed by atoms with Crippen molar-refractivity contribution in [3.63, 3.8) is 0 Å². The average Bonchev–Trinajstić information content (AvgIpc) is 2.68. The van der Waals surface area contributed by atoms with E-state index in [0.29, 0.717) is 16.3 Å². The molecule has 0 unspecified atom stereocenters. The van der Waals surface area contributed by atoms with Gasteiger partial charge in [0.15, 0.2) is 5.17 Å². The van der Waals surface area contributed by atoms with Gasteiger partial charge < -0.3 is 10.6 Å². The molecule has 3 rings (SSSR count). The van der Waals surface area contributed by atoms with Gasteiger partial charge in [-0.15, -0.1) is 0 Å². The molecule has 0 saturated heterocycles. The molecule has 2 atom stereocenters. The molecule has 0 aliphatic carbocycles. The second kappa shape index (κ2) is 8.87. The molecule has 9 heteroatoms. The third kappa shape index (κ3) is 5.65. The molecule has 1 aliphatic rings. The maximum Gasteiger partial charge on any atom is 0.408 e. The number of halogens is 4. The standard InChI is InChI=1S/C19H17ClF3N3OS/c20-13-6-8-14(9-7-13)24-17(27)11-28-18-25-15(12-4-2-1-3-5-12)10-16(26-18)19(21,22)23/h1-9,15-16H,10-11H2,(H,24,27)(H,25,26)/t15-,16-/m0/s1. The summed E-state index contributed by atoms with van der Waals surface area (Å²) in [4.78, 5) is 16.5. The minimum absolute atomic E-state index is 0.0689. The first-order valence-electron chi connectivity index (χ1n) is 8.45. The van der Waals surface area contributed by atoms with E-state index >= 15 is 0 Å². The van der Waals surface area contributed by atoms with Crippen LogP contribution in [0.2, 0.25) is 5.02 Å². The van der Waals surface area contributed by atoms with Gasteiger partial charge in [-0.1, -0.05) is 53.7 Å². The van der Waals surface area contributed by atoms with E-state index in [1.54, 1.807) is 54.6 Å². The Kier molecular flexibility index (Phi) is 6.51. The summed E-state index contributed by atoms with van der Waals surface area (Å²) in [5, 5.41) is 5.73. The van der Waals surface area contributed by atoms with E-state index in [4.69, 9.17) is 11.6 Å². The Morgan fingerprint density at radius 3 is 2.50 bits per heavy atom. The van der Waals surface area contributed by atoms with Crippen LogP contribution in [0.4, 0.5) is 18.9 Å². The van der Waals surface area contributed by atoms with Crippen LogP contribution in [0.1, 0.15) is 18.0 Å². The lowest BCUT2D eigenvalue weighted by Gasteiger charge is -2.31. The average molecular weight is 428 g/mol. The third-order valence-electron chi connectivity index (χ3n) is 4.08. The molecule has 28 heavy (non-hydrogen) atoms. The van der Waals surface area contributed by atoms with Crippen molar-refractivity contribution in [3.8, 4) is 0 Å². The normalized spacial score (nSPS) is 19.5. The monoisotopic (exact) mass is 427 g/mol. The number of amides is 1. The van der Waals surface area contributed by atoms with Gasteiger partial charge in [0.05, 0.1) is 11.8 Å². The number of thioether (sulfide) groups is 1. The number of anilines is 1. The molecule has 1 heterocycles. The smallest absolute Gasteiger partial charge is 0.353 e. The highest BCUT2D eigenvalue weighted by Crippen LogP contribution is 2.34. The maximum absolute atomic E-state index is 13.3. The summed E-state index contributed by atoms with van der Waals surface area (Å²) in [6.45, 7) is 0. The third-order valence-corrected chi connectivity index (χ3v) is 5.23. The van der Waals surface area contributed by atoms with Crippen LogP contribution in [0.5, 0.6) is 0 Å². The predicted octanol–water partition coefficient (Wildman–Crippen LogP) is 5.03. The summed E-state index contributed by atoms with van der Waals surface area (Å²) in [5.74, 6) is -0.414. The highest BCUT2D eigenvalue weighted by atomic mass is 35.5. The van der Waals surface area contributed by atoms with Gasteiger partial charge in [-0.05, 0) is 29.8 Å². The molecule has 1 aliphatic heterocycles. The maximum atomic E-state index is 13.3. The molecule has 0 radical (unpaired) electrons. The van der Waals surface area contributed by atoms with Gasteiger partial charge in [0.1, 0.15) is 6.04 Å². The zero-order valence-electron chi connectivity index (χ0n) is 14.5. The molecule has 0 saturated carbocycles. The van der Waals surface area contributed by atoms with Gasteiger partial charge >= 0.3 is 6.18 Å². The summed E-state index contributed by atoms with van der Waals surface area (Å²) in [6, 6.07) is 13.1. The van der Waals surface area contributed by atoms with Crippen molar-refractivity contribution in [1.82, 2.24) is 5.32 Å². The highest BCUT2D eigenvalue weighted by molar-refractivity contribution is 8.14. The molecule has 2 N–H and O–H groups in total. The Balaban J connectivity index is 1.67. The van der Waals surface area contributed by atoms with Crippen LogP contribution in [0, 0.1) is 0 Å². The van der Waals surface area contributed by atoms with Gasteiger partial charge in [0, 0.05) is 17.1 Å². The number of hydrogen-bond acceptors (Lipinski definition) is 4. The number of hydrogen-bond donors (Lipinski definition) is 2. The van der Waals surface area contributed by atoms with Crippen molar-refractivity contribution >= 4 is 40.1 Å². The van der Waals surface area contributed by atoms with E-state index in [9.17, 15) is 18.0 Å². The minimum Gasteiger partial charge on any atom is -0.353 e. The van der Waals surface area contributed by atoms with E-state index < -0.39 is 18.3 Å². The summed E-state index contributed by atoms with van der Waals surface area (Å²) in [6.07, 6.45) is -4.59. The molecular weight excluding hydrogens is 411 g/mol. The summed E-state index contributed by atoms with van der Waals surface area (Å²) in [7, 11) is 0. The van der Waals surface area contributed by atoms with Crippen molar-refractivity contribution in [2.24, 2.45) is 4.99 Å². The van der Waals surface area contributed by atoms with Crippen molar-refractivity contribution < 1.29 is 18.0 Å². The van der Waals surface area contributed by atoms with Crippen LogP contribution in [0.15, 0.2) is 59.6 Å². The van der Waals surface area contributed by atoms with E-state index in [1.807, 2.05) is 0 Å². The summed E-state index contributed by atoms with van der Waals surface area (Å²) in [5.41, 5.74) is 1.27. The first kappa shape index (κ1) is 20.5. The molecule has 2 aromatic rings. The van der Waals surface area contributed by atoms with Gasteiger partial charge in [-0.25, -0.2) is 0 Å². The van der Waals surface area contributed by atoms with Crippen molar-refractivity contribution in [3.05, 3.63) is 65.2 Å². The van der Waals surface area contributed by atoms with E-state index in [2.05, 4.69) is 15.6 Å². The Labute approximate surface area is 169 Å². The Hall–Kier alpha value is -2.19. The number of rotatable bonds is 4. The molecule has 0 bridgehead atoms. The zero-order chi connectivity index (χ0) is 20.1. The zero-order valence-corrected chi connectivity index (χ0v) is 16.1. The molecule has 0 aromatic heterocycles. The van der Waals surface area contributed by atoms with E-state index in [0.717, 1.165) is 11.8 Å². The second-order valence-corrected chi connectivity index (χ2v) is 7.58. The van der Waals surface area contributed by atoms with Crippen LogP contribution >= 0.6 is 23.4 Å². The van der Waals surface area contributed by atoms with Gasteiger partial charge in [-0.2, -0.15) is 13.2 Å². The molecule has 148 valence electrons. The van der Waals surface area contributed by atoms with Gasteiger partial charge in [0.25, 0.3) is 0 Å². The first-order chi connectivity index (χ1) is 13.3. The highest BCUT2D eigenvalue weighted by Gasteiger charge is 2.43. The summed E-state index contributed by atoms with van der Waals surface area (Å²) < 4.78 is 39.9. The Morgan fingerprint density at radius 1 is 1.18 bits per heavy atom. The topological polar surface area (TPSA) is 53.5 Å². The fourth-order valence-corrected chi connectivity index (χ4v) is 3.60. The van der Waals surface area contributed by atoms with Crippen LogP contribution in [0.25, 0.3) is 0 Å². The quantitative estimate of drug-likeness (QED) is 0.719. The second-order valence-electron chi connectivity index (χ2n) is 6.18. The number of benzene rings is 2. The Morgan fingerprint density at radius 2 is 1.86 bits per heavy atom. The van der Waals surface area contributed by atoms with Crippen molar-refractivity contribution in [1.29, 1.82) is 0 Å². The number of carbonyl (C=O) groups is 1. The number of aliphatic imine (C=N–C) groups is 1. The number of nitrogens with one attached hydrogen (secondary N) is 2. The van der Waals surface area contributed by atoms with Crippen molar-refractivity contribution in [2.45, 2.75) is 24.7 Å². The van der Waals surface area contributed by atoms with Crippen LogP contribution in [-0.4, -0.2) is 29.0 Å². The molecule has 0 fully saturated rings. The first-order valence-corrected chi connectivity index (χ1v) is 9.82. The lowest BCUT2D eigenvalue weighted by Crippen LogP contribution is -2.48.